The number of nitrogens with two attached hydrogens (primary N) is 1. The van der Waals surface area contributed by atoms with Crippen LogP contribution in [-0.2, 0) is 5.54 Å². The predicted octanol–water partition coefficient (Wildman–Crippen LogP) is 4.22. The van der Waals surface area contributed by atoms with Crippen LogP contribution in [0.1, 0.15) is 52.0 Å². The maximum atomic E-state index is 13.8. The Kier molecular flexibility index (Phi) is 5.13. The van der Waals surface area contributed by atoms with Crippen LogP contribution in [0.2, 0.25) is 0 Å². The molecule has 1 rings (SSSR count). The molecule has 0 fully saturated rings. The van der Waals surface area contributed by atoms with Gasteiger partial charge in [0.15, 0.2) is 0 Å². The molecule has 1 aromatic rings. The van der Waals surface area contributed by atoms with E-state index in [1.807, 2.05) is 19.1 Å². The van der Waals surface area contributed by atoms with Gasteiger partial charge in [-0.3, -0.25) is 0 Å². The van der Waals surface area contributed by atoms with Gasteiger partial charge in [-0.15, -0.1) is 0 Å². The highest BCUT2D eigenvalue weighted by molar-refractivity contribution is 5.25. The molecule has 2 heteroatoms. The molecule has 0 bridgehead atoms. The van der Waals surface area contributed by atoms with Crippen LogP contribution in [0, 0.1) is 11.7 Å². The Hall–Kier alpha value is -0.890. The maximum absolute atomic E-state index is 13.8. The zero-order valence-corrected chi connectivity index (χ0v) is 11.2. The molecule has 0 aliphatic carbocycles. The fraction of sp³-hybridized carbons (Fsp3) is 0.600. The molecule has 0 spiro atoms. The van der Waals surface area contributed by atoms with Gasteiger partial charge < -0.3 is 5.73 Å². The molecule has 0 heterocycles. The van der Waals surface area contributed by atoms with Crippen molar-refractivity contribution in [2.75, 3.05) is 0 Å². The van der Waals surface area contributed by atoms with E-state index in [4.69, 9.17) is 5.73 Å². The van der Waals surface area contributed by atoms with Gasteiger partial charge in [-0.25, -0.2) is 4.39 Å². The summed E-state index contributed by atoms with van der Waals surface area (Å²) in [5.41, 5.74) is 6.51. The third-order valence-electron chi connectivity index (χ3n) is 3.45. The Morgan fingerprint density at radius 1 is 1.29 bits per heavy atom. The van der Waals surface area contributed by atoms with Crippen molar-refractivity contribution < 1.29 is 4.39 Å². The van der Waals surface area contributed by atoms with Gasteiger partial charge in [0.25, 0.3) is 0 Å². The molecule has 0 aromatic heterocycles. The summed E-state index contributed by atoms with van der Waals surface area (Å²) in [5, 5.41) is 0. The Morgan fingerprint density at radius 3 is 2.47 bits per heavy atom. The van der Waals surface area contributed by atoms with Gasteiger partial charge in [0, 0.05) is 11.1 Å². The molecule has 0 saturated heterocycles. The smallest absolute Gasteiger partial charge is 0.128 e. The predicted molar refractivity (Wildman–Crippen MR) is 71.2 cm³/mol. The van der Waals surface area contributed by atoms with Gasteiger partial charge >= 0.3 is 0 Å². The van der Waals surface area contributed by atoms with Crippen molar-refractivity contribution in [3.63, 3.8) is 0 Å². The molecule has 0 saturated carbocycles. The second-order valence-electron chi connectivity index (χ2n) is 5.28. The molecule has 0 amide bonds. The third kappa shape index (κ3) is 3.81. The molecule has 0 radical (unpaired) electrons. The Bertz CT molecular complexity index is 349. The minimum Gasteiger partial charge on any atom is -0.321 e. The summed E-state index contributed by atoms with van der Waals surface area (Å²) < 4.78 is 13.8. The lowest BCUT2D eigenvalue weighted by Crippen LogP contribution is -2.37. The Labute approximate surface area is 104 Å². The van der Waals surface area contributed by atoms with Crippen LogP contribution in [0.15, 0.2) is 24.3 Å². The van der Waals surface area contributed by atoms with E-state index in [-0.39, 0.29) is 5.82 Å². The van der Waals surface area contributed by atoms with Gasteiger partial charge in [-0.1, -0.05) is 51.8 Å². The van der Waals surface area contributed by atoms with Crippen LogP contribution in [0.25, 0.3) is 0 Å². The van der Waals surface area contributed by atoms with Crippen LogP contribution in [0.3, 0.4) is 0 Å². The fourth-order valence-corrected chi connectivity index (χ4v) is 2.19. The molecule has 1 atom stereocenters. The molecule has 2 N–H and O–H groups in total. The summed E-state index contributed by atoms with van der Waals surface area (Å²) in [6.07, 6.45) is 3.82. The number of rotatable bonds is 6. The Morgan fingerprint density at radius 2 is 1.94 bits per heavy atom. The van der Waals surface area contributed by atoms with Gasteiger partial charge in [0.05, 0.1) is 0 Å². The molecule has 1 aromatic carbocycles. The van der Waals surface area contributed by atoms with Gasteiger partial charge in [0.1, 0.15) is 5.82 Å². The lowest BCUT2D eigenvalue weighted by Gasteiger charge is -2.29. The van der Waals surface area contributed by atoms with Crippen molar-refractivity contribution in [1.29, 1.82) is 0 Å². The average molecular weight is 237 g/mol. The van der Waals surface area contributed by atoms with Crippen LogP contribution >= 0.6 is 0 Å². The molecular formula is C15H24FN. The van der Waals surface area contributed by atoms with Crippen LogP contribution in [0.5, 0.6) is 0 Å². The monoisotopic (exact) mass is 237 g/mol. The highest BCUT2D eigenvalue weighted by atomic mass is 19.1. The van der Waals surface area contributed by atoms with Crippen LogP contribution in [-0.4, -0.2) is 0 Å². The van der Waals surface area contributed by atoms with E-state index in [2.05, 4.69) is 13.8 Å². The van der Waals surface area contributed by atoms with Crippen molar-refractivity contribution in [2.45, 2.75) is 52.0 Å². The van der Waals surface area contributed by atoms with Gasteiger partial charge in [-0.05, 0) is 24.8 Å². The first-order chi connectivity index (χ1) is 7.99. The fourth-order valence-electron chi connectivity index (χ4n) is 2.19. The molecule has 96 valence electrons. The van der Waals surface area contributed by atoms with E-state index in [1.54, 1.807) is 6.07 Å². The zero-order chi connectivity index (χ0) is 12.9. The minimum absolute atomic E-state index is 0.179. The van der Waals surface area contributed by atoms with E-state index in [0.29, 0.717) is 11.5 Å². The molecule has 1 nitrogen and oxygen atoms in total. The van der Waals surface area contributed by atoms with Crippen molar-refractivity contribution in [3.8, 4) is 0 Å². The molecule has 1 unspecified atom stereocenters. The summed E-state index contributed by atoms with van der Waals surface area (Å²) in [7, 11) is 0. The number of hydrogen-bond donors (Lipinski definition) is 1. The third-order valence-corrected chi connectivity index (χ3v) is 3.45. The maximum Gasteiger partial charge on any atom is 0.128 e. The summed E-state index contributed by atoms with van der Waals surface area (Å²) in [4.78, 5) is 0. The first-order valence-electron chi connectivity index (χ1n) is 6.53. The summed E-state index contributed by atoms with van der Waals surface area (Å²) >= 11 is 0. The number of hydrogen-bond acceptors (Lipinski definition) is 1. The van der Waals surface area contributed by atoms with Gasteiger partial charge in [-0.2, -0.15) is 0 Å². The van der Waals surface area contributed by atoms with Crippen molar-refractivity contribution >= 4 is 0 Å². The standard InChI is InChI=1S/C15H24FN/c1-4-15(17,11-7-8-12(2)3)13-9-5-6-10-14(13)16/h5-6,9-10,12H,4,7-8,11,17H2,1-3H3. The van der Waals surface area contributed by atoms with E-state index in [0.717, 1.165) is 25.7 Å². The first kappa shape index (κ1) is 14.2. The van der Waals surface area contributed by atoms with Crippen LogP contribution < -0.4 is 5.73 Å². The normalized spacial score (nSPS) is 14.9. The average Bonchev–Trinajstić information content (AvgIpc) is 2.29. The lowest BCUT2D eigenvalue weighted by molar-refractivity contribution is 0.350. The SMILES string of the molecule is CCC(N)(CCCC(C)C)c1ccccc1F. The minimum atomic E-state index is -0.514. The number of benzene rings is 1. The zero-order valence-electron chi connectivity index (χ0n) is 11.2. The van der Waals surface area contributed by atoms with Crippen molar-refractivity contribution in [2.24, 2.45) is 11.7 Å². The quantitative estimate of drug-likeness (QED) is 0.787. The molecule has 0 aliphatic rings. The van der Waals surface area contributed by atoms with Crippen LogP contribution in [0.4, 0.5) is 4.39 Å². The van der Waals surface area contributed by atoms with Gasteiger partial charge in [0.2, 0.25) is 0 Å². The summed E-state index contributed by atoms with van der Waals surface area (Å²) in [6.45, 7) is 6.43. The second kappa shape index (κ2) is 6.15. The molecule has 17 heavy (non-hydrogen) atoms. The topological polar surface area (TPSA) is 26.0 Å². The number of halogens is 1. The summed E-state index contributed by atoms with van der Waals surface area (Å²) in [5.74, 6) is 0.498. The molecular weight excluding hydrogens is 213 g/mol. The van der Waals surface area contributed by atoms with Crippen molar-refractivity contribution in [1.82, 2.24) is 0 Å². The molecule has 0 aliphatic heterocycles. The highest BCUT2D eigenvalue weighted by Gasteiger charge is 2.27. The van der Waals surface area contributed by atoms with Crippen molar-refractivity contribution in [3.05, 3.63) is 35.6 Å². The van der Waals surface area contributed by atoms with E-state index >= 15 is 0 Å². The van der Waals surface area contributed by atoms with E-state index in [1.165, 1.54) is 6.07 Å². The van der Waals surface area contributed by atoms with E-state index in [9.17, 15) is 4.39 Å². The Balaban J connectivity index is 2.78. The summed E-state index contributed by atoms with van der Waals surface area (Å²) in [6, 6.07) is 6.88. The highest BCUT2D eigenvalue weighted by Crippen LogP contribution is 2.30. The largest absolute Gasteiger partial charge is 0.321 e. The lowest BCUT2D eigenvalue weighted by atomic mass is 9.82. The van der Waals surface area contributed by atoms with E-state index < -0.39 is 5.54 Å². The first-order valence-corrected chi connectivity index (χ1v) is 6.53. The second-order valence-corrected chi connectivity index (χ2v) is 5.28.